The third-order valence-electron chi connectivity index (χ3n) is 3.33. The molecule has 2 amide bonds. The lowest BCUT2D eigenvalue weighted by Gasteiger charge is -2.22. The number of carbonyl (C=O) groups excluding carboxylic acids is 1. The highest BCUT2D eigenvalue weighted by molar-refractivity contribution is 6.35. The molecule has 0 unspecified atom stereocenters. The Morgan fingerprint density at radius 1 is 1.21 bits per heavy atom. The van der Waals surface area contributed by atoms with Crippen molar-refractivity contribution in [3.05, 3.63) is 58.2 Å². The molecule has 24 heavy (non-hydrogen) atoms. The van der Waals surface area contributed by atoms with E-state index in [0.717, 1.165) is 16.0 Å². The summed E-state index contributed by atoms with van der Waals surface area (Å²) in [6, 6.07) is 9.58. The van der Waals surface area contributed by atoms with Gasteiger partial charge in [0, 0.05) is 21.6 Å². The predicted molar refractivity (Wildman–Crippen MR) is 96.4 cm³/mol. The van der Waals surface area contributed by atoms with Gasteiger partial charge in [-0.2, -0.15) is 5.01 Å². The van der Waals surface area contributed by atoms with Crippen LogP contribution in [0.1, 0.15) is 5.56 Å². The number of nitrogens with zero attached hydrogens (tertiary/aromatic N) is 3. The minimum Gasteiger partial charge on any atom is -0.350 e. The molecular formula is C16H13Cl2N5O. The molecule has 3 aromatic rings. The second-order valence-electron chi connectivity index (χ2n) is 5.12. The van der Waals surface area contributed by atoms with Gasteiger partial charge in [0.15, 0.2) is 11.5 Å². The van der Waals surface area contributed by atoms with Crippen molar-refractivity contribution in [2.45, 2.75) is 6.92 Å². The first-order chi connectivity index (χ1) is 11.4. The molecule has 2 aromatic heterocycles. The van der Waals surface area contributed by atoms with Gasteiger partial charge < -0.3 is 5.73 Å². The SMILES string of the molecule is Cc1cc(N(Nc2cc(Cl)cc(Cl)c2)C(N)=O)nc2ncccc12. The highest BCUT2D eigenvalue weighted by atomic mass is 35.5. The summed E-state index contributed by atoms with van der Waals surface area (Å²) in [6.07, 6.45) is 1.64. The summed E-state index contributed by atoms with van der Waals surface area (Å²) in [4.78, 5) is 20.5. The highest BCUT2D eigenvalue weighted by Gasteiger charge is 2.16. The van der Waals surface area contributed by atoms with Gasteiger partial charge in [0.2, 0.25) is 0 Å². The quantitative estimate of drug-likeness (QED) is 0.686. The molecule has 0 saturated heterocycles. The first-order valence-electron chi connectivity index (χ1n) is 6.99. The van der Waals surface area contributed by atoms with E-state index in [1.54, 1.807) is 30.5 Å². The van der Waals surface area contributed by atoms with E-state index < -0.39 is 6.03 Å². The molecule has 3 rings (SSSR count). The van der Waals surface area contributed by atoms with E-state index in [-0.39, 0.29) is 0 Å². The van der Waals surface area contributed by atoms with Crippen LogP contribution in [0.4, 0.5) is 16.3 Å². The lowest BCUT2D eigenvalue weighted by atomic mass is 10.2. The van der Waals surface area contributed by atoms with Gasteiger partial charge in [-0.1, -0.05) is 23.2 Å². The summed E-state index contributed by atoms with van der Waals surface area (Å²) in [5.74, 6) is 0.322. The molecule has 0 bridgehead atoms. The average Bonchev–Trinajstić information content (AvgIpc) is 2.51. The van der Waals surface area contributed by atoms with Crippen LogP contribution in [0.5, 0.6) is 0 Å². The normalized spacial score (nSPS) is 10.6. The van der Waals surface area contributed by atoms with Crippen LogP contribution in [0.15, 0.2) is 42.6 Å². The van der Waals surface area contributed by atoms with Gasteiger partial charge in [0.1, 0.15) is 0 Å². The Labute approximate surface area is 148 Å². The maximum Gasteiger partial charge on any atom is 0.339 e. The van der Waals surface area contributed by atoms with Crippen molar-refractivity contribution >= 4 is 51.8 Å². The van der Waals surface area contributed by atoms with E-state index in [2.05, 4.69) is 15.4 Å². The van der Waals surface area contributed by atoms with Crippen LogP contribution >= 0.6 is 23.2 Å². The van der Waals surface area contributed by atoms with Crippen LogP contribution in [0.3, 0.4) is 0 Å². The van der Waals surface area contributed by atoms with E-state index in [9.17, 15) is 4.79 Å². The number of urea groups is 1. The largest absolute Gasteiger partial charge is 0.350 e. The number of anilines is 2. The third-order valence-corrected chi connectivity index (χ3v) is 3.77. The molecular weight excluding hydrogens is 349 g/mol. The molecule has 6 nitrogen and oxygen atoms in total. The van der Waals surface area contributed by atoms with Crippen LogP contribution in [-0.2, 0) is 0 Å². The Hall–Kier alpha value is -2.57. The summed E-state index contributed by atoms with van der Waals surface area (Å²) in [5, 5.41) is 2.87. The highest BCUT2D eigenvalue weighted by Crippen LogP contribution is 2.25. The van der Waals surface area contributed by atoms with Gasteiger partial charge in [0.25, 0.3) is 0 Å². The maximum atomic E-state index is 11.9. The number of rotatable bonds is 3. The fourth-order valence-electron chi connectivity index (χ4n) is 2.29. The van der Waals surface area contributed by atoms with Gasteiger partial charge in [-0.15, -0.1) is 0 Å². The number of benzene rings is 1. The molecule has 0 atom stereocenters. The molecule has 0 spiro atoms. The standard InChI is InChI=1S/C16H13Cl2N5O/c1-9-5-14(21-15-13(9)3-2-4-20-15)23(16(19)24)22-12-7-10(17)6-11(18)8-12/h2-8,22H,1H3,(H2,19,24). The number of nitrogens with two attached hydrogens (primary N) is 1. The number of aromatic nitrogens is 2. The first kappa shape index (κ1) is 16.3. The number of primary amides is 1. The van der Waals surface area contributed by atoms with Crippen molar-refractivity contribution in [1.82, 2.24) is 9.97 Å². The Kier molecular flexibility index (Phi) is 4.42. The van der Waals surface area contributed by atoms with Crippen molar-refractivity contribution in [3.8, 4) is 0 Å². The molecule has 0 radical (unpaired) electrons. The number of pyridine rings is 2. The number of hydrogen-bond donors (Lipinski definition) is 2. The molecule has 0 fully saturated rings. The number of halogens is 2. The van der Waals surface area contributed by atoms with Crippen LogP contribution in [0.25, 0.3) is 11.0 Å². The second-order valence-corrected chi connectivity index (χ2v) is 5.99. The summed E-state index contributed by atoms with van der Waals surface area (Å²) >= 11 is 12.0. The molecule has 8 heteroatoms. The number of aryl methyl sites for hydroxylation is 1. The van der Waals surface area contributed by atoms with Crippen molar-refractivity contribution < 1.29 is 4.79 Å². The molecule has 0 saturated carbocycles. The van der Waals surface area contributed by atoms with Gasteiger partial charge in [-0.25, -0.2) is 14.8 Å². The van der Waals surface area contributed by atoms with E-state index in [0.29, 0.717) is 27.2 Å². The van der Waals surface area contributed by atoms with Crippen molar-refractivity contribution in [2.75, 3.05) is 10.4 Å². The Morgan fingerprint density at radius 2 is 1.92 bits per heavy atom. The third kappa shape index (κ3) is 3.34. The number of amides is 2. The topological polar surface area (TPSA) is 84.1 Å². The lowest BCUT2D eigenvalue weighted by Crippen LogP contribution is -2.41. The zero-order valence-electron chi connectivity index (χ0n) is 12.6. The molecule has 0 aliphatic rings. The van der Waals surface area contributed by atoms with E-state index in [4.69, 9.17) is 28.9 Å². The maximum absolute atomic E-state index is 11.9. The van der Waals surface area contributed by atoms with E-state index in [1.807, 2.05) is 19.1 Å². The first-order valence-corrected chi connectivity index (χ1v) is 7.74. The number of carbonyl (C=O) groups is 1. The van der Waals surface area contributed by atoms with Crippen molar-refractivity contribution in [1.29, 1.82) is 0 Å². The molecule has 0 aliphatic heterocycles. The number of fused-ring (bicyclic) bond motifs is 1. The lowest BCUT2D eigenvalue weighted by molar-refractivity contribution is 0.255. The van der Waals surface area contributed by atoms with Crippen LogP contribution in [0.2, 0.25) is 10.0 Å². The Balaban J connectivity index is 2.04. The van der Waals surface area contributed by atoms with E-state index in [1.165, 1.54) is 0 Å². The minimum absolute atomic E-state index is 0.322. The fourth-order valence-corrected chi connectivity index (χ4v) is 2.82. The molecule has 2 heterocycles. The molecule has 1 aromatic carbocycles. The van der Waals surface area contributed by atoms with Crippen molar-refractivity contribution in [3.63, 3.8) is 0 Å². The van der Waals surface area contributed by atoms with Gasteiger partial charge in [0.05, 0.1) is 5.69 Å². The zero-order valence-corrected chi connectivity index (χ0v) is 14.1. The summed E-state index contributed by atoms with van der Waals surface area (Å²) in [7, 11) is 0. The number of hydrogen-bond acceptors (Lipinski definition) is 4. The Morgan fingerprint density at radius 3 is 2.58 bits per heavy atom. The van der Waals surface area contributed by atoms with Gasteiger partial charge in [-0.05, 0) is 48.9 Å². The monoisotopic (exact) mass is 361 g/mol. The smallest absolute Gasteiger partial charge is 0.339 e. The Bertz CT molecular complexity index is 911. The van der Waals surface area contributed by atoms with Gasteiger partial charge in [-0.3, -0.25) is 5.43 Å². The minimum atomic E-state index is -0.728. The fraction of sp³-hybridized carbons (Fsp3) is 0.0625. The molecule has 0 aliphatic carbocycles. The summed E-state index contributed by atoms with van der Waals surface area (Å²) in [5.41, 5.74) is 10.3. The molecule has 3 N–H and O–H groups in total. The van der Waals surface area contributed by atoms with E-state index >= 15 is 0 Å². The summed E-state index contributed by atoms with van der Waals surface area (Å²) < 4.78 is 0. The van der Waals surface area contributed by atoms with Crippen LogP contribution in [0, 0.1) is 6.92 Å². The number of nitrogens with one attached hydrogen (secondary N) is 1. The van der Waals surface area contributed by atoms with Crippen LogP contribution < -0.4 is 16.2 Å². The average molecular weight is 362 g/mol. The van der Waals surface area contributed by atoms with Gasteiger partial charge >= 0.3 is 6.03 Å². The zero-order chi connectivity index (χ0) is 17.3. The van der Waals surface area contributed by atoms with Crippen molar-refractivity contribution in [2.24, 2.45) is 5.73 Å². The van der Waals surface area contributed by atoms with Crippen LogP contribution in [-0.4, -0.2) is 16.0 Å². The summed E-state index contributed by atoms with van der Waals surface area (Å²) in [6.45, 7) is 1.91. The predicted octanol–water partition coefficient (Wildman–Crippen LogP) is 4.16. The second kappa shape index (κ2) is 6.51. The number of hydrazine groups is 1. The molecule has 122 valence electrons.